The van der Waals surface area contributed by atoms with Gasteiger partial charge in [-0.1, -0.05) is 15.9 Å². The molecule has 0 fully saturated rings. The van der Waals surface area contributed by atoms with Crippen molar-refractivity contribution in [2.75, 3.05) is 5.33 Å². The fraction of sp³-hybridized carbons (Fsp3) is 0.875. The number of hydrogen-bond acceptors (Lipinski definition) is 3. The number of halogens is 1. The Hall–Kier alpha value is -0.0900. The molecule has 3 nitrogen and oxygen atoms in total. The first-order valence-electron chi connectivity index (χ1n) is 3.90. The van der Waals surface area contributed by atoms with Gasteiger partial charge in [0.15, 0.2) is 0 Å². The van der Waals surface area contributed by atoms with Crippen LogP contribution in [0.25, 0.3) is 0 Å². The van der Waals surface area contributed by atoms with Gasteiger partial charge in [-0.15, -0.1) is 0 Å². The minimum atomic E-state index is -0.427. The van der Waals surface area contributed by atoms with Crippen molar-refractivity contribution in [3.63, 3.8) is 0 Å². The molecule has 4 heteroatoms. The Bertz CT molecular complexity index is 140. The Morgan fingerprint density at radius 2 is 2.00 bits per heavy atom. The Morgan fingerprint density at radius 1 is 1.42 bits per heavy atom. The van der Waals surface area contributed by atoms with Crippen LogP contribution < -0.4 is 0 Å². The zero-order valence-corrected chi connectivity index (χ0v) is 9.31. The minimum absolute atomic E-state index is 0.315. The maximum absolute atomic E-state index is 10.9. The highest BCUT2D eigenvalue weighted by molar-refractivity contribution is 9.09. The largest absolute Gasteiger partial charge is 0.342 e. The van der Waals surface area contributed by atoms with E-state index in [2.05, 4.69) is 20.8 Å². The fourth-order valence-corrected chi connectivity index (χ4v) is 0.705. The topological polar surface area (TPSA) is 35.5 Å². The molecule has 0 saturated heterocycles. The highest BCUT2D eigenvalue weighted by Gasteiger charge is 2.14. The summed E-state index contributed by atoms with van der Waals surface area (Å²) in [6.07, 6.45) is 1.16. The van der Waals surface area contributed by atoms with Crippen LogP contribution in [0.1, 0.15) is 33.6 Å². The van der Waals surface area contributed by atoms with E-state index in [4.69, 9.17) is 4.89 Å². The van der Waals surface area contributed by atoms with E-state index in [0.29, 0.717) is 6.42 Å². The molecule has 0 aliphatic carbocycles. The predicted octanol–water partition coefficient (Wildman–Crippen LogP) is 2.43. The lowest BCUT2D eigenvalue weighted by molar-refractivity contribution is -0.320. The molecule has 0 spiro atoms. The molecule has 0 aromatic carbocycles. The summed E-state index contributed by atoms with van der Waals surface area (Å²) >= 11 is 3.22. The molecule has 0 amide bonds. The lowest BCUT2D eigenvalue weighted by atomic mass is 10.2. The molecule has 72 valence electrons. The van der Waals surface area contributed by atoms with Crippen LogP contribution in [-0.4, -0.2) is 16.9 Å². The minimum Gasteiger partial charge on any atom is -0.298 e. The summed E-state index contributed by atoms with van der Waals surface area (Å²) in [6.45, 7) is 5.47. The van der Waals surface area contributed by atoms with E-state index in [1.54, 1.807) is 0 Å². The molecule has 0 heterocycles. The Morgan fingerprint density at radius 3 is 2.42 bits per heavy atom. The standard InChI is InChI=1S/C8H15BrO3/c1-8(2,3)12-11-7(10)5-4-6-9/h4-6H2,1-3H3. The maximum atomic E-state index is 10.9. The second-order valence-corrected chi connectivity index (χ2v) is 4.24. The van der Waals surface area contributed by atoms with Crippen molar-refractivity contribution in [3.8, 4) is 0 Å². The van der Waals surface area contributed by atoms with Gasteiger partial charge < -0.3 is 0 Å². The fourth-order valence-electron chi connectivity index (χ4n) is 0.424. The molecule has 12 heavy (non-hydrogen) atoms. The molecule has 0 aromatic heterocycles. The monoisotopic (exact) mass is 238 g/mol. The first kappa shape index (κ1) is 11.9. The second kappa shape index (κ2) is 5.54. The lowest BCUT2D eigenvalue weighted by Crippen LogP contribution is -2.21. The molecule has 0 bridgehead atoms. The van der Waals surface area contributed by atoms with Gasteiger partial charge in [-0.25, -0.2) is 4.79 Å². The van der Waals surface area contributed by atoms with Gasteiger partial charge in [0, 0.05) is 11.8 Å². The molecule has 0 saturated carbocycles. The highest BCUT2D eigenvalue weighted by Crippen LogP contribution is 2.08. The van der Waals surface area contributed by atoms with Crippen LogP contribution in [0.15, 0.2) is 0 Å². The summed E-state index contributed by atoms with van der Waals surface area (Å²) < 4.78 is 0. The zero-order valence-electron chi connectivity index (χ0n) is 7.72. The SMILES string of the molecule is CC(C)(C)OOC(=O)CCCBr. The molecule has 0 aliphatic rings. The molecule has 0 atom stereocenters. The summed E-state index contributed by atoms with van der Waals surface area (Å²) in [4.78, 5) is 20.3. The van der Waals surface area contributed by atoms with Gasteiger partial charge in [0.25, 0.3) is 0 Å². The van der Waals surface area contributed by atoms with Crippen LogP contribution >= 0.6 is 15.9 Å². The molecule has 0 aromatic rings. The highest BCUT2D eigenvalue weighted by atomic mass is 79.9. The van der Waals surface area contributed by atoms with E-state index < -0.39 is 5.60 Å². The van der Waals surface area contributed by atoms with E-state index in [1.807, 2.05) is 20.8 Å². The summed E-state index contributed by atoms with van der Waals surface area (Å²) in [7, 11) is 0. The molecule has 0 rings (SSSR count). The van der Waals surface area contributed by atoms with Crippen LogP contribution in [0.3, 0.4) is 0 Å². The van der Waals surface area contributed by atoms with E-state index in [1.165, 1.54) is 0 Å². The third-order valence-electron chi connectivity index (χ3n) is 0.899. The second-order valence-electron chi connectivity index (χ2n) is 3.44. The number of alkyl halides is 1. The van der Waals surface area contributed by atoms with Gasteiger partial charge in [0.2, 0.25) is 0 Å². The maximum Gasteiger partial charge on any atom is 0.342 e. The van der Waals surface area contributed by atoms with Crippen molar-refractivity contribution in [1.82, 2.24) is 0 Å². The Balaban J connectivity index is 3.44. The lowest BCUT2D eigenvalue weighted by Gasteiger charge is -2.16. The van der Waals surface area contributed by atoms with E-state index in [0.717, 1.165) is 11.8 Å². The summed E-state index contributed by atoms with van der Waals surface area (Å²) in [6, 6.07) is 0. The van der Waals surface area contributed by atoms with Crippen LogP contribution in [0.5, 0.6) is 0 Å². The van der Waals surface area contributed by atoms with Crippen LogP contribution in [0, 0.1) is 0 Å². The van der Waals surface area contributed by atoms with E-state index >= 15 is 0 Å². The van der Waals surface area contributed by atoms with Crippen LogP contribution in [0.2, 0.25) is 0 Å². The first-order chi connectivity index (χ1) is 5.45. The molecular formula is C8H15BrO3. The van der Waals surface area contributed by atoms with E-state index in [-0.39, 0.29) is 5.97 Å². The summed E-state index contributed by atoms with van der Waals surface area (Å²) in [5.41, 5.74) is -0.427. The average Bonchev–Trinajstić information content (AvgIpc) is 1.95. The molecule has 0 aliphatic heterocycles. The smallest absolute Gasteiger partial charge is 0.298 e. The Labute approximate surface area is 81.5 Å². The van der Waals surface area contributed by atoms with Crippen molar-refractivity contribution >= 4 is 21.9 Å². The van der Waals surface area contributed by atoms with Crippen molar-refractivity contribution in [3.05, 3.63) is 0 Å². The molecular weight excluding hydrogens is 224 g/mol. The zero-order chi connectivity index (χ0) is 9.61. The number of carbonyl (C=O) groups excluding carboxylic acids is 1. The number of rotatable bonds is 4. The molecule has 0 unspecified atom stereocenters. The third-order valence-corrected chi connectivity index (χ3v) is 1.46. The quantitative estimate of drug-likeness (QED) is 0.429. The predicted molar refractivity (Wildman–Crippen MR) is 50.0 cm³/mol. The van der Waals surface area contributed by atoms with Crippen LogP contribution in [-0.2, 0) is 14.6 Å². The van der Waals surface area contributed by atoms with Gasteiger partial charge in [-0.3, -0.25) is 4.89 Å². The number of carbonyl (C=O) groups is 1. The summed E-state index contributed by atoms with van der Waals surface area (Å²) in [5.74, 6) is -0.315. The first-order valence-corrected chi connectivity index (χ1v) is 5.02. The normalized spacial score (nSPS) is 11.3. The molecule has 0 radical (unpaired) electrons. The van der Waals surface area contributed by atoms with Gasteiger partial charge in [0.05, 0.1) is 0 Å². The van der Waals surface area contributed by atoms with Gasteiger partial charge in [-0.2, -0.15) is 4.89 Å². The average molecular weight is 239 g/mol. The van der Waals surface area contributed by atoms with Crippen LogP contribution in [0.4, 0.5) is 0 Å². The molecule has 0 N–H and O–H groups in total. The van der Waals surface area contributed by atoms with Gasteiger partial charge in [0.1, 0.15) is 5.60 Å². The van der Waals surface area contributed by atoms with Crippen molar-refractivity contribution in [1.29, 1.82) is 0 Å². The Kier molecular flexibility index (Phi) is 5.50. The third kappa shape index (κ3) is 8.01. The van der Waals surface area contributed by atoms with Gasteiger partial charge in [-0.05, 0) is 27.2 Å². The van der Waals surface area contributed by atoms with Crippen molar-refractivity contribution < 1.29 is 14.6 Å². The van der Waals surface area contributed by atoms with Crippen molar-refractivity contribution in [2.24, 2.45) is 0 Å². The number of hydrogen-bond donors (Lipinski definition) is 0. The van der Waals surface area contributed by atoms with E-state index in [9.17, 15) is 4.79 Å². The van der Waals surface area contributed by atoms with Crippen molar-refractivity contribution in [2.45, 2.75) is 39.2 Å². The summed E-state index contributed by atoms with van der Waals surface area (Å²) in [5, 5.41) is 0.803. The van der Waals surface area contributed by atoms with Gasteiger partial charge >= 0.3 is 5.97 Å².